The van der Waals surface area contributed by atoms with Crippen molar-refractivity contribution in [3.63, 3.8) is 0 Å². The summed E-state index contributed by atoms with van der Waals surface area (Å²) in [7, 11) is -1.07. The number of pyridine rings is 1. The van der Waals surface area contributed by atoms with E-state index in [4.69, 9.17) is 0 Å². The van der Waals surface area contributed by atoms with Crippen LogP contribution in [-0.2, 0) is 14.8 Å². The zero-order valence-electron chi connectivity index (χ0n) is 10.8. The Kier molecular flexibility index (Phi) is 4.05. The molecule has 0 N–H and O–H groups in total. The zero-order valence-corrected chi connectivity index (χ0v) is 12.4. The topological polar surface area (TPSA) is 76.6 Å². The SMILES string of the molecule is COC(=O)c1ccc(S(=O)(=O)N(C)c2ccccn2)s1. The van der Waals surface area contributed by atoms with E-state index in [-0.39, 0.29) is 9.09 Å². The fraction of sp³-hybridized carbons (Fsp3) is 0.167. The molecule has 20 heavy (non-hydrogen) atoms. The molecule has 2 rings (SSSR count). The van der Waals surface area contributed by atoms with Gasteiger partial charge in [-0.1, -0.05) is 6.07 Å². The molecule has 2 aromatic rings. The molecule has 0 atom stereocenters. The molecular formula is C12H12N2O4S2. The van der Waals surface area contributed by atoms with Gasteiger partial charge < -0.3 is 4.74 Å². The van der Waals surface area contributed by atoms with Crippen molar-refractivity contribution in [3.8, 4) is 0 Å². The van der Waals surface area contributed by atoms with Crippen LogP contribution in [0.2, 0.25) is 0 Å². The molecule has 6 nitrogen and oxygen atoms in total. The summed E-state index contributed by atoms with van der Waals surface area (Å²) in [6.45, 7) is 0. The van der Waals surface area contributed by atoms with Crippen molar-refractivity contribution >= 4 is 33.1 Å². The van der Waals surface area contributed by atoms with Gasteiger partial charge in [0.2, 0.25) is 0 Å². The predicted molar refractivity (Wildman–Crippen MR) is 75.5 cm³/mol. The second kappa shape index (κ2) is 5.59. The summed E-state index contributed by atoms with van der Waals surface area (Å²) < 4.78 is 30.5. The van der Waals surface area contributed by atoms with Crippen molar-refractivity contribution in [2.45, 2.75) is 4.21 Å². The Balaban J connectivity index is 2.36. The van der Waals surface area contributed by atoms with Gasteiger partial charge in [-0.2, -0.15) is 0 Å². The Labute approximate surface area is 120 Å². The number of ether oxygens (including phenoxy) is 1. The lowest BCUT2D eigenvalue weighted by molar-refractivity contribution is 0.0606. The number of hydrogen-bond acceptors (Lipinski definition) is 6. The Bertz CT molecular complexity index is 710. The van der Waals surface area contributed by atoms with Crippen molar-refractivity contribution < 1.29 is 17.9 Å². The number of rotatable bonds is 4. The maximum Gasteiger partial charge on any atom is 0.348 e. The number of esters is 1. The third kappa shape index (κ3) is 2.66. The normalized spacial score (nSPS) is 11.1. The fourth-order valence-corrected chi connectivity index (χ4v) is 4.01. The molecule has 2 heterocycles. The van der Waals surface area contributed by atoms with E-state index < -0.39 is 16.0 Å². The third-order valence-corrected chi connectivity index (χ3v) is 5.85. The third-order valence-electron chi connectivity index (χ3n) is 2.55. The highest BCUT2D eigenvalue weighted by Crippen LogP contribution is 2.26. The van der Waals surface area contributed by atoms with Gasteiger partial charge in [-0.05, 0) is 24.3 Å². The molecule has 0 fully saturated rings. The van der Waals surface area contributed by atoms with Gasteiger partial charge in [-0.25, -0.2) is 18.2 Å². The number of anilines is 1. The van der Waals surface area contributed by atoms with E-state index >= 15 is 0 Å². The minimum absolute atomic E-state index is 0.0612. The van der Waals surface area contributed by atoms with Gasteiger partial charge in [0.15, 0.2) is 0 Å². The van der Waals surface area contributed by atoms with Crippen LogP contribution in [0.25, 0.3) is 0 Å². The van der Waals surface area contributed by atoms with Gasteiger partial charge in [-0.15, -0.1) is 11.3 Å². The van der Waals surface area contributed by atoms with Crippen LogP contribution in [0, 0.1) is 0 Å². The molecule has 0 saturated carbocycles. The number of thiophene rings is 1. The number of carbonyl (C=O) groups excluding carboxylic acids is 1. The Hall–Kier alpha value is -1.93. The van der Waals surface area contributed by atoms with Crippen LogP contribution < -0.4 is 4.31 Å². The van der Waals surface area contributed by atoms with Crippen LogP contribution in [0.3, 0.4) is 0 Å². The Morgan fingerprint density at radius 2 is 2.05 bits per heavy atom. The second-order valence-electron chi connectivity index (χ2n) is 3.77. The maximum atomic E-state index is 12.4. The minimum Gasteiger partial charge on any atom is -0.465 e. The van der Waals surface area contributed by atoms with Gasteiger partial charge in [0.1, 0.15) is 14.9 Å². The number of nitrogens with zero attached hydrogens (tertiary/aromatic N) is 2. The largest absolute Gasteiger partial charge is 0.465 e. The molecule has 0 aliphatic rings. The first-order chi connectivity index (χ1) is 9.46. The van der Waals surface area contributed by atoms with E-state index in [0.717, 1.165) is 15.6 Å². The summed E-state index contributed by atoms with van der Waals surface area (Å²) >= 11 is 0.864. The zero-order chi connectivity index (χ0) is 14.8. The lowest BCUT2D eigenvalue weighted by Crippen LogP contribution is -2.26. The van der Waals surface area contributed by atoms with Crippen LogP contribution in [0.4, 0.5) is 5.82 Å². The van der Waals surface area contributed by atoms with Crippen molar-refractivity contribution in [3.05, 3.63) is 41.4 Å². The van der Waals surface area contributed by atoms with Gasteiger partial charge in [0, 0.05) is 13.2 Å². The Morgan fingerprint density at radius 1 is 1.30 bits per heavy atom. The summed E-state index contributed by atoms with van der Waals surface area (Å²) in [5.41, 5.74) is 0. The lowest BCUT2D eigenvalue weighted by Gasteiger charge is -2.16. The first-order valence-electron chi connectivity index (χ1n) is 5.55. The Morgan fingerprint density at radius 3 is 2.65 bits per heavy atom. The highest BCUT2D eigenvalue weighted by atomic mass is 32.2. The lowest BCUT2D eigenvalue weighted by atomic mass is 10.5. The molecule has 0 unspecified atom stereocenters. The number of aromatic nitrogens is 1. The van der Waals surface area contributed by atoms with Crippen molar-refractivity contribution in [1.82, 2.24) is 4.98 Å². The predicted octanol–water partition coefficient (Wildman–Crippen LogP) is 1.75. The molecule has 0 bridgehead atoms. The van der Waals surface area contributed by atoms with Crippen LogP contribution in [0.15, 0.2) is 40.7 Å². The highest BCUT2D eigenvalue weighted by Gasteiger charge is 2.25. The second-order valence-corrected chi connectivity index (χ2v) is 7.05. The first-order valence-corrected chi connectivity index (χ1v) is 7.80. The molecule has 2 aromatic heterocycles. The molecule has 8 heteroatoms. The fourth-order valence-electron chi connectivity index (χ4n) is 1.47. The standard InChI is InChI=1S/C12H12N2O4S2/c1-14(10-5-3-4-8-13-10)20(16,17)11-7-6-9(19-11)12(15)18-2/h3-8H,1-2H3. The molecule has 0 aliphatic heterocycles. The monoisotopic (exact) mass is 312 g/mol. The van der Waals surface area contributed by atoms with Crippen LogP contribution >= 0.6 is 11.3 Å². The molecule has 0 amide bonds. The molecule has 0 spiro atoms. The average Bonchev–Trinajstić information content (AvgIpc) is 2.97. The molecule has 0 saturated heterocycles. The van der Waals surface area contributed by atoms with E-state index in [9.17, 15) is 13.2 Å². The van der Waals surface area contributed by atoms with Gasteiger partial charge in [-0.3, -0.25) is 4.31 Å². The van der Waals surface area contributed by atoms with Crippen molar-refractivity contribution in [2.75, 3.05) is 18.5 Å². The van der Waals surface area contributed by atoms with Crippen molar-refractivity contribution in [2.24, 2.45) is 0 Å². The number of carbonyl (C=O) groups is 1. The summed E-state index contributed by atoms with van der Waals surface area (Å²) in [5, 5.41) is 0. The van der Waals surface area contributed by atoms with Crippen LogP contribution in [0.1, 0.15) is 9.67 Å². The highest BCUT2D eigenvalue weighted by molar-refractivity contribution is 7.94. The summed E-state index contributed by atoms with van der Waals surface area (Å²) in [6, 6.07) is 7.79. The van der Waals surface area contributed by atoms with E-state index in [2.05, 4.69) is 9.72 Å². The van der Waals surface area contributed by atoms with Gasteiger partial charge in [0.25, 0.3) is 10.0 Å². The molecular weight excluding hydrogens is 300 g/mol. The molecule has 106 valence electrons. The van der Waals surface area contributed by atoms with Gasteiger partial charge >= 0.3 is 5.97 Å². The van der Waals surface area contributed by atoms with Crippen LogP contribution in [0.5, 0.6) is 0 Å². The summed E-state index contributed by atoms with van der Waals surface area (Å²) in [5.74, 6) is -0.252. The summed E-state index contributed by atoms with van der Waals surface area (Å²) in [4.78, 5) is 15.6. The number of methoxy groups -OCH3 is 1. The quantitative estimate of drug-likeness (QED) is 0.804. The van der Waals surface area contributed by atoms with E-state index in [0.29, 0.717) is 5.82 Å². The summed E-state index contributed by atoms with van der Waals surface area (Å²) in [6.07, 6.45) is 1.51. The smallest absolute Gasteiger partial charge is 0.348 e. The van der Waals surface area contributed by atoms with E-state index in [1.54, 1.807) is 18.2 Å². The average molecular weight is 312 g/mol. The number of hydrogen-bond donors (Lipinski definition) is 0. The molecule has 0 aliphatic carbocycles. The molecule has 0 radical (unpaired) electrons. The van der Waals surface area contributed by atoms with E-state index in [1.807, 2.05) is 0 Å². The minimum atomic E-state index is -3.73. The maximum absolute atomic E-state index is 12.4. The van der Waals surface area contributed by atoms with Crippen molar-refractivity contribution in [1.29, 1.82) is 0 Å². The van der Waals surface area contributed by atoms with Gasteiger partial charge in [0.05, 0.1) is 7.11 Å². The first kappa shape index (κ1) is 14.5. The molecule has 0 aromatic carbocycles. The van der Waals surface area contributed by atoms with E-state index in [1.165, 1.54) is 32.5 Å². The number of sulfonamides is 1. The van der Waals surface area contributed by atoms with Crippen LogP contribution in [-0.4, -0.2) is 33.5 Å².